The van der Waals surface area contributed by atoms with Crippen LogP contribution in [0.1, 0.15) is 56.2 Å². The molecule has 2 rings (SSSR count). The number of likely N-dealkylation sites (tertiary alicyclic amines) is 1. The predicted molar refractivity (Wildman–Crippen MR) is 98.2 cm³/mol. The molecule has 0 saturated carbocycles. The van der Waals surface area contributed by atoms with Crippen molar-refractivity contribution in [1.29, 1.82) is 0 Å². The van der Waals surface area contributed by atoms with Crippen LogP contribution in [0.5, 0.6) is 0 Å². The number of hydrogen-bond donors (Lipinski definition) is 1. The van der Waals surface area contributed by atoms with Crippen LogP contribution in [0.2, 0.25) is 0 Å². The average molecular weight is 332 g/mol. The van der Waals surface area contributed by atoms with Gasteiger partial charge in [-0.15, -0.1) is 0 Å². The van der Waals surface area contributed by atoms with Crippen molar-refractivity contribution in [2.75, 3.05) is 19.6 Å². The molecule has 1 aromatic carbocycles. The third-order valence-corrected chi connectivity index (χ3v) is 4.60. The molecule has 1 saturated heterocycles. The monoisotopic (exact) mass is 332 g/mol. The molecule has 134 valence electrons. The van der Waals surface area contributed by atoms with Gasteiger partial charge in [0.1, 0.15) is 5.60 Å². The second-order valence-electron chi connectivity index (χ2n) is 8.09. The van der Waals surface area contributed by atoms with E-state index in [4.69, 9.17) is 10.5 Å². The van der Waals surface area contributed by atoms with Gasteiger partial charge in [-0.3, -0.25) is 0 Å². The molecule has 24 heavy (non-hydrogen) atoms. The predicted octanol–water partition coefficient (Wildman–Crippen LogP) is 3.99. The lowest BCUT2D eigenvalue weighted by Crippen LogP contribution is -2.45. The quantitative estimate of drug-likeness (QED) is 0.910. The number of carbonyl (C=O) groups excluding carboxylic acids is 1. The summed E-state index contributed by atoms with van der Waals surface area (Å²) in [6, 6.07) is 6.65. The molecule has 1 aliphatic rings. The molecule has 1 aliphatic heterocycles. The number of piperidine rings is 1. The summed E-state index contributed by atoms with van der Waals surface area (Å²) < 4.78 is 5.54. The van der Waals surface area contributed by atoms with Crippen molar-refractivity contribution >= 4 is 6.09 Å². The molecule has 0 aromatic heterocycles. The highest BCUT2D eigenvalue weighted by molar-refractivity contribution is 5.68. The van der Waals surface area contributed by atoms with E-state index in [0.717, 1.165) is 25.9 Å². The highest BCUT2D eigenvalue weighted by Gasteiger charge is 2.32. The molecule has 4 heteroatoms. The number of ether oxygens (including phenoxy) is 1. The van der Waals surface area contributed by atoms with Crippen molar-refractivity contribution in [2.24, 2.45) is 11.7 Å². The van der Waals surface area contributed by atoms with Gasteiger partial charge in [-0.1, -0.05) is 29.3 Å². The van der Waals surface area contributed by atoms with Crippen LogP contribution < -0.4 is 5.73 Å². The van der Waals surface area contributed by atoms with Crippen LogP contribution in [0.15, 0.2) is 18.2 Å². The molecule has 1 fully saturated rings. The topological polar surface area (TPSA) is 55.6 Å². The zero-order chi connectivity index (χ0) is 17.9. The van der Waals surface area contributed by atoms with Gasteiger partial charge in [-0.2, -0.15) is 0 Å². The maximum absolute atomic E-state index is 12.4. The van der Waals surface area contributed by atoms with Crippen LogP contribution in [0, 0.1) is 19.8 Å². The third-order valence-electron chi connectivity index (χ3n) is 4.60. The standard InChI is InChI=1S/C20H32N2O2/c1-14-9-15(2)11-17(10-14)18(12-21)16-7-6-8-22(13-16)19(23)24-20(3,4)5/h9-11,16,18H,6-8,12-13,21H2,1-5H3. The lowest BCUT2D eigenvalue weighted by Gasteiger charge is -2.37. The summed E-state index contributed by atoms with van der Waals surface area (Å²) in [4.78, 5) is 14.2. The number of hydrogen-bond acceptors (Lipinski definition) is 3. The summed E-state index contributed by atoms with van der Waals surface area (Å²) in [5.41, 5.74) is 9.50. The van der Waals surface area contributed by atoms with Gasteiger partial charge in [-0.25, -0.2) is 4.79 Å². The lowest BCUT2D eigenvalue weighted by molar-refractivity contribution is 0.0152. The van der Waals surface area contributed by atoms with Crippen molar-refractivity contribution in [3.63, 3.8) is 0 Å². The molecule has 1 aromatic rings. The molecule has 2 unspecified atom stereocenters. The van der Waals surface area contributed by atoms with Crippen molar-refractivity contribution in [2.45, 2.75) is 59.0 Å². The van der Waals surface area contributed by atoms with E-state index in [1.165, 1.54) is 16.7 Å². The minimum Gasteiger partial charge on any atom is -0.444 e. The summed E-state index contributed by atoms with van der Waals surface area (Å²) >= 11 is 0. The molecule has 1 heterocycles. The van der Waals surface area contributed by atoms with E-state index in [2.05, 4.69) is 32.0 Å². The van der Waals surface area contributed by atoms with Crippen molar-refractivity contribution in [1.82, 2.24) is 4.90 Å². The Balaban J connectivity index is 2.13. The Kier molecular flexibility index (Phi) is 5.92. The third kappa shape index (κ3) is 4.97. The summed E-state index contributed by atoms with van der Waals surface area (Å²) in [6.07, 6.45) is 1.91. The molecular weight excluding hydrogens is 300 g/mol. The van der Waals surface area contributed by atoms with Gasteiger partial charge < -0.3 is 15.4 Å². The number of nitrogens with two attached hydrogens (primary N) is 1. The second-order valence-corrected chi connectivity index (χ2v) is 8.09. The fraction of sp³-hybridized carbons (Fsp3) is 0.650. The minimum absolute atomic E-state index is 0.205. The van der Waals surface area contributed by atoms with Crippen molar-refractivity contribution < 1.29 is 9.53 Å². The van der Waals surface area contributed by atoms with Gasteiger partial charge in [-0.05, 0) is 65.5 Å². The lowest BCUT2D eigenvalue weighted by atomic mass is 9.80. The van der Waals surface area contributed by atoms with E-state index in [1.54, 1.807) is 0 Å². The largest absolute Gasteiger partial charge is 0.444 e. The number of carbonyl (C=O) groups is 1. The Labute approximate surface area is 146 Å². The van der Waals surface area contributed by atoms with E-state index < -0.39 is 5.60 Å². The molecule has 4 nitrogen and oxygen atoms in total. The highest BCUT2D eigenvalue weighted by Crippen LogP contribution is 2.32. The molecule has 0 radical (unpaired) electrons. The Bertz CT molecular complexity index is 557. The van der Waals surface area contributed by atoms with Crippen LogP contribution in [0.4, 0.5) is 4.79 Å². The summed E-state index contributed by atoms with van der Waals surface area (Å²) in [6.45, 7) is 12.1. The van der Waals surface area contributed by atoms with Crippen LogP contribution in [0.3, 0.4) is 0 Å². The first-order chi connectivity index (χ1) is 11.2. The average Bonchev–Trinajstić information content (AvgIpc) is 2.45. The van der Waals surface area contributed by atoms with Gasteiger partial charge in [0.2, 0.25) is 0 Å². The number of benzene rings is 1. The van der Waals surface area contributed by atoms with Crippen molar-refractivity contribution in [3.05, 3.63) is 34.9 Å². The van der Waals surface area contributed by atoms with Gasteiger partial charge in [0.25, 0.3) is 0 Å². The SMILES string of the molecule is Cc1cc(C)cc(C(CN)C2CCCN(C(=O)OC(C)(C)C)C2)c1. The molecule has 0 spiro atoms. The number of nitrogens with zero attached hydrogens (tertiary/aromatic N) is 1. The Morgan fingerprint density at radius 2 is 1.92 bits per heavy atom. The number of amides is 1. The fourth-order valence-corrected chi connectivity index (χ4v) is 3.66. The van der Waals surface area contributed by atoms with E-state index in [1.807, 2.05) is 25.7 Å². The van der Waals surface area contributed by atoms with Gasteiger partial charge in [0.15, 0.2) is 0 Å². The first kappa shape index (κ1) is 18.8. The zero-order valence-corrected chi connectivity index (χ0v) is 15.8. The fourth-order valence-electron chi connectivity index (χ4n) is 3.66. The maximum atomic E-state index is 12.4. The van der Waals surface area contributed by atoms with Gasteiger partial charge in [0.05, 0.1) is 0 Å². The van der Waals surface area contributed by atoms with Gasteiger partial charge in [0, 0.05) is 19.0 Å². The summed E-state index contributed by atoms with van der Waals surface area (Å²) in [5.74, 6) is 0.673. The van der Waals surface area contributed by atoms with Crippen LogP contribution >= 0.6 is 0 Å². The number of rotatable bonds is 3. The first-order valence-corrected chi connectivity index (χ1v) is 8.96. The Morgan fingerprint density at radius 3 is 2.46 bits per heavy atom. The molecule has 1 amide bonds. The molecule has 2 N–H and O–H groups in total. The summed E-state index contributed by atoms with van der Waals surface area (Å²) in [7, 11) is 0. The smallest absolute Gasteiger partial charge is 0.410 e. The molecule has 2 atom stereocenters. The van der Waals surface area contributed by atoms with Crippen LogP contribution in [-0.2, 0) is 4.74 Å². The Hall–Kier alpha value is -1.55. The van der Waals surface area contributed by atoms with Crippen LogP contribution in [0.25, 0.3) is 0 Å². The zero-order valence-electron chi connectivity index (χ0n) is 15.8. The number of aryl methyl sites for hydroxylation is 2. The molecular formula is C20H32N2O2. The van der Waals surface area contributed by atoms with Crippen molar-refractivity contribution in [3.8, 4) is 0 Å². The highest BCUT2D eigenvalue weighted by atomic mass is 16.6. The van der Waals surface area contributed by atoms with E-state index in [9.17, 15) is 4.79 Å². The summed E-state index contributed by atoms with van der Waals surface area (Å²) in [5, 5.41) is 0. The van der Waals surface area contributed by atoms with Gasteiger partial charge >= 0.3 is 6.09 Å². The maximum Gasteiger partial charge on any atom is 0.410 e. The van der Waals surface area contributed by atoms with E-state index >= 15 is 0 Å². The molecule has 0 bridgehead atoms. The molecule has 0 aliphatic carbocycles. The Morgan fingerprint density at radius 1 is 1.29 bits per heavy atom. The normalized spacial score (nSPS) is 19.9. The minimum atomic E-state index is -0.453. The second kappa shape index (κ2) is 7.56. The first-order valence-electron chi connectivity index (χ1n) is 8.96. The van der Waals surface area contributed by atoms with E-state index in [0.29, 0.717) is 12.5 Å². The van der Waals surface area contributed by atoms with Crippen LogP contribution in [-0.4, -0.2) is 36.2 Å². The van der Waals surface area contributed by atoms with E-state index in [-0.39, 0.29) is 12.0 Å².